The lowest BCUT2D eigenvalue weighted by Crippen LogP contribution is -2.11. The summed E-state index contributed by atoms with van der Waals surface area (Å²) in [4.78, 5) is 13.2. The van der Waals surface area contributed by atoms with E-state index < -0.39 is 22.7 Å². The van der Waals surface area contributed by atoms with Gasteiger partial charge in [-0.15, -0.1) is 10.2 Å². The van der Waals surface area contributed by atoms with Gasteiger partial charge in [0.2, 0.25) is 5.13 Å². The van der Waals surface area contributed by atoms with Gasteiger partial charge in [0.15, 0.2) is 14.4 Å². The number of hydrogen-bond acceptors (Lipinski definition) is 8. The summed E-state index contributed by atoms with van der Waals surface area (Å²) in [6.45, 7) is 0. The van der Waals surface area contributed by atoms with Crippen molar-refractivity contribution in [2.45, 2.75) is 14.9 Å². The van der Waals surface area contributed by atoms with E-state index in [-0.39, 0.29) is 13.8 Å². The molecule has 0 unspecified atom stereocenters. The van der Waals surface area contributed by atoms with Crippen molar-refractivity contribution in [1.82, 2.24) is 15.2 Å². The Labute approximate surface area is 115 Å². The van der Waals surface area contributed by atoms with E-state index in [0.29, 0.717) is 11.3 Å². The maximum absolute atomic E-state index is 12.6. The van der Waals surface area contributed by atoms with Gasteiger partial charge < -0.3 is 10.8 Å². The molecule has 2 aromatic heterocycles. The summed E-state index contributed by atoms with van der Waals surface area (Å²) in [6.07, 6.45) is -4.82. The summed E-state index contributed by atoms with van der Waals surface area (Å²) in [6, 6.07) is 0. The molecule has 0 aliphatic carbocycles. The minimum atomic E-state index is -4.82. The highest BCUT2D eigenvalue weighted by Crippen LogP contribution is 2.40. The van der Waals surface area contributed by atoms with Gasteiger partial charge in [0.25, 0.3) is 0 Å². The van der Waals surface area contributed by atoms with E-state index in [1.807, 2.05) is 0 Å². The summed E-state index contributed by atoms with van der Waals surface area (Å²) in [7, 11) is 0. The molecule has 0 bridgehead atoms. The minimum Gasteiger partial charge on any atom is -0.477 e. The van der Waals surface area contributed by atoms with Crippen LogP contribution in [-0.2, 0) is 6.18 Å². The van der Waals surface area contributed by atoms with Crippen LogP contribution in [0.2, 0.25) is 0 Å². The first-order valence-electron chi connectivity index (χ1n) is 4.35. The number of aromatic nitrogens is 3. The number of nitrogen functional groups attached to an aromatic ring is 1. The van der Waals surface area contributed by atoms with Crippen LogP contribution in [0.5, 0.6) is 0 Å². The van der Waals surface area contributed by atoms with Crippen LogP contribution >= 0.6 is 34.4 Å². The molecule has 3 N–H and O–H groups in total. The maximum Gasteiger partial charge on any atom is 0.435 e. The molecule has 2 heterocycles. The second-order valence-corrected chi connectivity index (χ2v) is 6.47. The molecule has 0 aliphatic heterocycles. The molecule has 0 spiro atoms. The number of anilines is 1. The average Bonchev–Trinajstić information content (AvgIpc) is 2.85. The van der Waals surface area contributed by atoms with Gasteiger partial charge in [0.1, 0.15) is 4.88 Å². The summed E-state index contributed by atoms with van der Waals surface area (Å²) in [5, 5.41) is 16.0. The Balaban J connectivity index is 2.35. The van der Waals surface area contributed by atoms with Gasteiger partial charge in [-0.1, -0.05) is 22.7 Å². The molecule has 0 aromatic carbocycles. The zero-order valence-corrected chi connectivity index (χ0v) is 11.1. The first kappa shape index (κ1) is 14.0. The molecule has 0 saturated heterocycles. The second kappa shape index (κ2) is 4.94. The summed E-state index contributed by atoms with van der Waals surface area (Å²) in [5.74, 6) is -1.67. The quantitative estimate of drug-likeness (QED) is 0.892. The number of nitrogens with zero attached hydrogens (tertiary/aromatic N) is 3. The summed E-state index contributed by atoms with van der Waals surface area (Å²) < 4.78 is 38.0. The standard InChI is InChI=1S/C7H3F3N4O2S3/c8-7(9,10)2-1(3(15)16)17-5(12-2)19-6-14-13-4(11)18-6/h(H2,11,13)(H,15,16). The highest BCUT2D eigenvalue weighted by Gasteiger charge is 2.39. The third kappa shape index (κ3) is 3.13. The first-order valence-corrected chi connectivity index (χ1v) is 6.80. The average molecular weight is 328 g/mol. The molecule has 2 rings (SSSR count). The molecular weight excluding hydrogens is 325 g/mol. The Morgan fingerprint density at radius 3 is 2.37 bits per heavy atom. The van der Waals surface area contributed by atoms with E-state index in [1.165, 1.54) is 0 Å². The third-order valence-corrected chi connectivity index (χ3v) is 4.57. The zero-order valence-electron chi connectivity index (χ0n) is 8.63. The van der Waals surface area contributed by atoms with Crippen LogP contribution in [0.15, 0.2) is 8.68 Å². The Hall–Kier alpha value is -1.40. The van der Waals surface area contributed by atoms with Crippen LogP contribution in [0.4, 0.5) is 18.3 Å². The molecule has 2 aromatic rings. The van der Waals surface area contributed by atoms with Crippen LogP contribution in [0.3, 0.4) is 0 Å². The number of alkyl halides is 3. The molecule has 19 heavy (non-hydrogen) atoms. The lowest BCUT2D eigenvalue weighted by atomic mass is 10.3. The molecule has 12 heteroatoms. The lowest BCUT2D eigenvalue weighted by molar-refractivity contribution is -0.141. The third-order valence-electron chi connectivity index (χ3n) is 1.67. The first-order chi connectivity index (χ1) is 8.77. The number of thiazole rings is 1. The fraction of sp³-hybridized carbons (Fsp3) is 0.143. The molecule has 102 valence electrons. The maximum atomic E-state index is 12.6. The van der Waals surface area contributed by atoms with Crippen LogP contribution in [-0.4, -0.2) is 26.3 Å². The fourth-order valence-electron chi connectivity index (χ4n) is 1.02. The van der Waals surface area contributed by atoms with Crippen molar-refractivity contribution in [3.63, 3.8) is 0 Å². The number of carbonyl (C=O) groups is 1. The number of aromatic carboxylic acids is 1. The molecule has 6 nitrogen and oxygen atoms in total. The Morgan fingerprint density at radius 1 is 1.26 bits per heavy atom. The Bertz CT molecular complexity index is 623. The van der Waals surface area contributed by atoms with Gasteiger partial charge in [-0.25, -0.2) is 9.78 Å². The van der Waals surface area contributed by atoms with E-state index in [2.05, 4.69) is 15.2 Å². The van der Waals surface area contributed by atoms with E-state index in [4.69, 9.17) is 10.8 Å². The smallest absolute Gasteiger partial charge is 0.435 e. The Morgan fingerprint density at radius 2 is 1.95 bits per heavy atom. The minimum absolute atomic E-state index is 0.0825. The van der Waals surface area contributed by atoms with Crippen molar-refractivity contribution >= 4 is 45.5 Å². The van der Waals surface area contributed by atoms with E-state index >= 15 is 0 Å². The number of carboxylic acid groups (broad SMARTS) is 1. The number of carboxylic acids is 1. The van der Waals surface area contributed by atoms with Gasteiger partial charge in [0.05, 0.1) is 0 Å². The molecule has 0 fully saturated rings. The van der Waals surface area contributed by atoms with Crippen molar-refractivity contribution in [1.29, 1.82) is 0 Å². The SMILES string of the molecule is Nc1nnc(Sc2nc(C(F)(F)F)c(C(=O)O)s2)s1. The van der Waals surface area contributed by atoms with Crippen LogP contribution < -0.4 is 5.73 Å². The van der Waals surface area contributed by atoms with Gasteiger partial charge in [-0.05, 0) is 11.8 Å². The van der Waals surface area contributed by atoms with Gasteiger partial charge in [0, 0.05) is 0 Å². The van der Waals surface area contributed by atoms with Crippen molar-refractivity contribution in [2.24, 2.45) is 0 Å². The summed E-state index contributed by atoms with van der Waals surface area (Å²) in [5.41, 5.74) is 3.91. The second-order valence-electron chi connectivity index (χ2n) is 2.97. The number of nitrogens with two attached hydrogens (primary N) is 1. The van der Waals surface area contributed by atoms with Crippen LogP contribution in [0.1, 0.15) is 15.4 Å². The topological polar surface area (TPSA) is 102 Å². The fourth-order valence-corrected chi connectivity index (χ4v) is 3.86. The largest absolute Gasteiger partial charge is 0.477 e. The molecular formula is C7H3F3N4O2S3. The molecule has 0 aliphatic rings. The number of hydrogen-bond donors (Lipinski definition) is 2. The van der Waals surface area contributed by atoms with Crippen LogP contribution in [0.25, 0.3) is 0 Å². The molecule has 0 atom stereocenters. The molecule has 0 amide bonds. The summed E-state index contributed by atoms with van der Waals surface area (Å²) >= 11 is 2.18. The highest BCUT2D eigenvalue weighted by molar-refractivity contribution is 8.02. The van der Waals surface area contributed by atoms with Crippen molar-refractivity contribution in [2.75, 3.05) is 5.73 Å². The van der Waals surface area contributed by atoms with E-state index in [0.717, 1.165) is 23.1 Å². The van der Waals surface area contributed by atoms with E-state index in [1.54, 1.807) is 0 Å². The predicted octanol–water partition coefficient (Wildman–Crippen LogP) is 2.44. The lowest BCUT2D eigenvalue weighted by Gasteiger charge is -2.02. The number of rotatable bonds is 3. The van der Waals surface area contributed by atoms with Crippen molar-refractivity contribution in [3.8, 4) is 0 Å². The highest BCUT2D eigenvalue weighted by atomic mass is 32.2. The van der Waals surface area contributed by atoms with Gasteiger partial charge in [-0.3, -0.25) is 0 Å². The predicted molar refractivity (Wildman–Crippen MR) is 62.5 cm³/mol. The Kier molecular flexibility index (Phi) is 3.64. The zero-order chi connectivity index (χ0) is 14.2. The monoisotopic (exact) mass is 328 g/mol. The molecule has 0 saturated carbocycles. The van der Waals surface area contributed by atoms with Gasteiger partial charge in [-0.2, -0.15) is 13.2 Å². The normalized spacial score (nSPS) is 11.7. The number of halogens is 3. The van der Waals surface area contributed by atoms with Crippen LogP contribution in [0, 0.1) is 0 Å². The van der Waals surface area contributed by atoms with Crippen molar-refractivity contribution in [3.05, 3.63) is 10.6 Å². The van der Waals surface area contributed by atoms with E-state index in [9.17, 15) is 18.0 Å². The molecule has 0 radical (unpaired) electrons. The van der Waals surface area contributed by atoms with Crippen molar-refractivity contribution < 1.29 is 23.1 Å². The van der Waals surface area contributed by atoms with Gasteiger partial charge >= 0.3 is 12.1 Å².